The number of hydrogen-bond acceptors (Lipinski definition) is 4. The standard InChI is InChI=1S/C16H16N4O3S/c1-11-3-6-13(7-4-11)24(21,22)20-10-15(18-19-17)14-9-12(23-2)5-8-16(14)20/h3-9,15H,10H2,1-2H3. The Bertz CT molecular complexity index is 919. The number of azide groups is 1. The zero-order chi connectivity index (χ0) is 17.3. The van der Waals surface area contributed by atoms with Gasteiger partial charge in [-0.05, 0) is 48.4 Å². The SMILES string of the molecule is COc1ccc2c(c1)C(N=[N+]=[N-])CN2S(=O)(=O)c1ccc(C)cc1. The lowest BCUT2D eigenvalue weighted by Crippen LogP contribution is -2.29. The maximum Gasteiger partial charge on any atom is 0.264 e. The van der Waals surface area contributed by atoms with Crippen molar-refractivity contribution in [3.63, 3.8) is 0 Å². The summed E-state index contributed by atoms with van der Waals surface area (Å²) in [5, 5.41) is 3.73. The van der Waals surface area contributed by atoms with Crippen molar-refractivity contribution in [2.24, 2.45) is 5.11 Å². The molecule has 0 saturated heterocycles. The van der Waals surface area contributed by atoms with Crippen LogP contribution in [-0.4, -0.2) is 22.1 Å². The highest BCUT2D eigenvalue weighted by Crippen LogP contribution is 2.42. The number of anilines is 1. The second-order valence-corrected chi connectivity index (χ2v) is 7.36. The van der Waals surface area contributed by atoms with Crippen LogP contribution >= 0.6 is 0 Å². The lowest BCUT2D eigenvalue weighted by atomic mass is 10.1. The molecule has 0 saturated carbocycles. The van der Waals surface area contributed by atoms with E-state index in [1.807, 2.05) is 6.92 Å². The molecule has 3 rings (SSSR count). The van der Waals surface area contributed by atoms with Gasteiger partial charge in [-0.15, -0.1) is 0 Å². The summed E-state index contributed by atoms with van der Waals surface area (Å²) in [6.07, 6.45) is 0. The van der Waals surface area contributed by atoms with E-state index in [0.29, 0.717) is 17.0 Å². The van der Waals surface area contributed by atoms with Gasteiger partial charge in [0.15, 0.2) is 0 Å². The molecule has 0 amide bonds. The maximum absolute atomic E-state index is 13.0. The number of methoxy groups -OCH3 is 1. The highest BCUT2D eigenvalue weighted by atomic mass is 32.2. The van der Waals surface area contributed by atoms with Gasteiger partial charge in [-0.2, -0.15) is 0 Å². The van der Waals surface area contributed by atoms with Crippen molar-refractivity contribution in [3.05, 3.63) is 64.0 Å². The van der Waals surface area contributed by atoms with E-state index in [1.54, 1.807) is 42.5 Å². The first-order valence-electron chi connectivity index (χ1n) is 7.29. The molecule has 1 atom stereocenters. The number of aryl methyl sites for hydroxylation is 1. The van der Waals surface area contributed by atoms with Crippen molar-refractivity contribution < 1.29 is 13.2 Å². The Kier molecular flexibility index (Phi) is 4.09. The third kappa shape index (κ3) is 2.66. The topological polar surface area (TPSA) is 95.4 Å². The van der Waals surface area contributed by atoms with E-state index in [2.05, 4.69) is 10.0 Å². The van der Waals surface area contributed by atoms with Gasteiger partial charge < -0.3 is 4.74 Å². The number of fused-ring (bicyclic) bond motifs is 1. The summed E-state index contributed by atoms with van der Waals surface area (Å²) in [5.41, 5.74) is 10.9. The fraction of sp³-hybridized carbons (Fsp3) is 0.250. The zero-order valence-corrected chi connectivity index (χ0v) is 14.1. The van der Waals surface area contributed by atoms with Gasteiger partial charge in [0, 0.05) is 11.5 Å². The minimum Gasteiger partial charge on any atom is -0.497 e. The summed E-state index contributed by atoms with van der Waals surface area (Å²) in [6.45, 7) is 1.97. The predicted molar refractivity (Wildman–Crippen MR) is 90.6 cm³/mol. The first-order valence-corrected chi connectivity index (χ1v) is 8.73. The van der Waals surface area contributed by atoms with Crippen LogP contribution in [-0.2, 0) is 10.0 Å². The van der Waals surface area contributed by atoms with Gasteiger partial charge in [-0.1, -0.05) is 22.8 Å². The van der Waals surface area contributed by atoms with Crippen LogP contribution in [0.1, 0.15) is 17.2 Å². The minimum absolute atomic E-state index is 0.0722. The van der Waals surface area contributed by atoms with Crippen molar-refractivity contribution in [2.75, 3.05) is 18.0 Å². The van der Waals surface area contributed by atoms with E-state index in [4.69, 9.17) is 10.3 Å². The third-order valence-electron chi connectivity index (χ3n) is 4.00. The molecule has 124 valence electrons. The summed E-state index contributed by atoms with van der Waals surface area (Å²) >= 11 is 0. The molecule has 1 unspecified atom stereocenters. The quantitative estimate of drug-likeness (QED) is 0.482. The lowest BCUT2D eigenvalue weighted by Gasteiger charge is -2.20. The number of ether oxygens (including phenoxy) is 1. The Morgan fingerprint density at radius 1 is 1.25 bits per heavy atom. The van der Waals surface area contributed by atoms with Crippen LogP contribution in [0.4, 0.5) is 5.69 Å². The largest absolute Gasteiger partial charge is 0.497 e. The van der Waals surface area contributed by atoms with Crippen LogP contribution in [0.5, 0.6) is 5.75 Å². The average Bonchev–Trinajstić information content (AvgIpc) is 2.94. The number of nitrogens with zero attached hydrogens (tertiary/aromatic N) is 4. The molecule has 1 aliphatic rings. The molecule has 24 heavy (non-hydrogen) atoms. The Morgan fingerprint density at radius 2 is 1.96 bits per heavy atom. The smallest absolute Gasteiger partial charge is 0.264 e. The van der Waals surface area contributed by atoms with Crippen LogP contribution in [0.15, 0.2) is 52.5 Å². The van der Waals surface area contributed by atoms with E-state index in [-0.39, 0.29) is 11.4 Å². The molecule has 0 N–H and O–H groups in total. The molecule has 0 radical (unpaired) electrons. The summed E-state index contributed by atoms with van der Waals surface area (Å²) in [6, 6.07) is 11.1. The summed E-state index contributed by atoms with van der Waals surface area (Å²) < 4.78 is 32.4. The first-order chi connectivity index (χ1) is 11.5. The van der Waals surface area contributed by atoms with Gasteiger partial charge in [-0.3, -0.25) is 4.31 Å². The highest BCUT2D eigenvalue weighted by Gasteiger charge is 2.36. The number of sulfonamides is 1. The summed E-state index contributed by atoms with van der Waals surface area (Å²) in [5.74, 6) is 0.585. The van der Waals surface area contributed by atoms with E-state index in [1.165, 1.54) is 11.4 Å². The fourth-order valence-corrected chi connectivity index (χ4v) is 4.23. The van der Waals surface area contributed by atoms with Crippen LogP contribution in [0.25, 0.3) is 10.4 Å². The molecule has 0 spiro atoms. The Balaban J connectivity index is 2.10. The van der Waals surface area contributed by atoms with Crippen molar-refractivity contribution in [1.82, 2.24) is 0 Å². The van der Waals surface area contributed by atoms with Gasteiger partial charge in [-0.25, -0.2) is 8.42 Å². The van der Waals surface area contributed by atoms with Crippen LogP contribution in [0, 0.1) is 6.92 Å². The molecule has 2 aromatic carbocycles. The Labute approximate surface area is 140 Å². The Morgan fingerprint density at radius 3 is 2.58 bits per heavy atom. The second kappa shape index (κ2) is 6.07. The van der Waals surface area contributed by atoms with E-state index >= 15 is 0 Å². The van der Waals surface area contributed by atoms with Crippen molar-refractivity contribution in [3.8, 4) is 5.75 Å². The summed E-state index contributed by atoms with van der Waals surface area (Å²) in [7, 11) is -2.20. The molecule has 0 aromatic heterocycles. The molecule has 1 aliphatic heterocycles. The van der Waals surface area contributed by atoms with Crippen LogP contribution in [0.2, 0.25) is 0 Å². The third-order valence-corrected chi connectivity index (χ3v) is 5.80. The predicted octanol–water partition coefficient (Wildman–Crippen LogP) is 3.56. The van der Waals surface area contributed by atoms with Crippen molar-refractivity contribution in [1.29, 1.82) is 0 Å². The molecule has 7 nitrogen and oxygen atoms in total. The lowest BCUT2D eigenvalue weighted by molar-refractivity contribution is 0.414. The molecule has 2 aromatic rings. The normalized spacial score (nSPS) is 16.4. The number of rotatable bonds is 4. The molecule has 8 heteroatoms. The monoisotopic (exact) mass is 344 g/mol. The highest BCUT2D eigenvalue weighted by molar-refractivity contribution is 7.92. The van der Waals surface area contributed by atoms with Gasteiger partial charge in [0.05, 0.1) is 23.7 Å². The van der Waals surface area contributed by atoms with Crippen LogP contribution in [0.3, 0.4) is 0 Å². The van der Waals surface area contributed by atoms with Gasteiger partial charge in [0.1, 0.15) is 5.75 Å². The second-order valence-electron chi connectivity index (χ2n) is 5.49. The zero-order valence-electron chi connectivity index (χ0n) is 13.2. The molecule has 1 heterocycles. The van der Waals surface area contributed by atoms with Crippen LogP contribution < -0.4 is 9.04 Å². The molecule has 0 aliphatic carbocycles. The molecular formula is C16H16N4O3S. The van der Waals surface area contributed by atoms with Gasteiger partial charge >= 0.3 is 0 Å². The van der Waals surface area contributed by atoms with Gasteiger partial charge in [0.2, 0.25) is 0 Å². The minimum atomic E-state index is -3.73. The van der Waals surface area contributed by atoms with Gasteiger partial charge in [0.25, 0.3) is 10.0 Å². The number of benzene rings is 2. The summed E-state index contributed by atoms with van der Waals surface area (Å²) in [4.78, 5) is 3.04. The molecular weight excluding hydrogens is 328 g/mol. The van der Waals surface area contributed by atoms with Crippen molar-refractivity contribution >= 4 is 15.7 Å². The van der Waals surface area contributed by atoms with Crippen molar-refractivity contribution in [2.45, 2.75) is 17.9 Å². The fourth-order valence-electron chi connectivity index (χ4n) is 2.73. The first kappa shape index (κ1) is 16.2. The van der Waals surface area contributed by atoms with E-state index < -0.39 is 16.1 Å². The Hall–Kier alpha value is -2.70. The molecule has 0 fully saturated rings. The van der Waals surface area contributed by atoms with E-state index in [9.17, 15) is 8.42 Å². The molecule has 0 bridgehead atoms. The number of hydrogen-bond donors (Lipinski definition) is 0. The maximum atomic E-state index is 13.0. The van der Waals surface area contributed by atoms with E-state index in [0.717, 1.165) is 5.56 Å². The average molecular weight is 344 g/mol.